The Labute approximate surface area is 109 Å². The van der Waals surface area contributed by atoms with Crippen molar-refractivity contribution in [3.05, 3.63) is 30.2 Å². The van der Waals surface area contributed by atoms with Crippen molar-refractivity contribution in [1.29, 1.82) is 0 Å². The summed E-state index contributed by atoms with van der Waals surface area (Å²) in [4.78, 5) is 19.4. The quantitative estimate of drug-likeness (QED) is 0.783. The van der Waals surface area contributed by atoms with Gasteiger partial charge in [-0.25, -0.2) is 14.8 Å². The Hall–Kier alpha value is -2.51. The number of nitrogens with one attached hydrogen (secondary N) is 1. The van der Waals surface area contributed by atoms with Gasteiger partial charge in [-0.3, -0.25) is 0 Å². The second-order valence-corrected chi connectivity index (χ2v) is 3.66. The van der Waals surface area contributed by atoms with Crippen molar-refractivity contribution in [2.24, 2.45) is 0 Å². The first-order chi connectivity index (χ1) is 9.26. The molecule has 0 amide bonds. The van der Waals surface area contributed by atoms with E-state index in [1.165, 1.54) is 19.6 Å². The van der Waals surface area contributed by atoms with Crippen molar-refractivity contribution < 1.29 is 9.53 Å². The number of ether oxygens (including phenoxy) is 1. The van der Waals surface area contributed by atoms with Crippen molar-refractivity contribution in [1.82, 2.24) is 24.7 Å². The van der Waals surface area contributed by atoms with Gasteiger partial charge in [0.2, 0.25) is 0 Å². The van der Waals surface area contributed by atoms with Crippen LogP contribution in [0, 0.1) is 0 Å². The molecule has 0 aromatic carbocycles. The van der Waals surface area contributed by atoms with E-state index in [1.807, 2.05) is 11.5 Å². The molecule has 100 valence electrons. The topological polar surface area (TPSA) is 94.8 Å². The Bertz CT molecular complexity index is 568. The van der Waals surface area contributed by atoms with Gasteiger partial charge in [-0.15, -0.1) is 10.2 Å². The molecule has 0 atom stereocenters. The molecule has 0 saturated heterocycles. The molecular formula is C11H14N6O2. The van der Waals surface area contributed by atoms with Crippen LogP contribution >= 0.6 is 0 Å². The van der Waals surface area contributed by atoms with Gasteiger partial charge in [0, 0.05) is 12.7 Å². The second kappa shape index (κ2) is 5.89. The van der Waals surface area contributed by atoms with Crippen LogP contribution in [0.3, 0.4) is 0 Å². The minimum absolute atomic E-state index is 0.285. The van der Waals surface area contributed by atoms with E-state index in [0.29, 0.717) is 12.4 Å². The molecule has 2 aromatic heterocycles. The summed E-state index contributed by atoms with van der Waals surface area (Å²) in [6.07, 6.45) is 4.42. The molecule has 0 radical (unpaired) electrons. The van der Waals surface area contributed by atoms with E-state index in [0.717, 1.165) is 12.4 Å². The van der Waals surface area contributed by atoms with Crippen molar-refractivity contribution in [3.63, 3.8) is 0 Å². The van der Waals surface area contributed by atoms with Crippen LogP contribution in [0.2, 0.25) is 0 Å². The molecule has 0 fully saturated rings. The monoisotopic (exact) mass is 262 g/mol. The summed E-state index contributed by atoms with van der Waals surface area (Å²) < 4.78 is 6.56. The van der Waals surface area contributed by atoms with Crippen LogP contribution in [0.4, 0.5) is 5.82 Å². The van der Waals surface area contributed by atoms with Gasteiger partial charge in [0.1, 0.15) is 24.0 Å². The molecule has 0 aliphatic rings. The number of esters is 1. The fourth-order valence-electron chi connectivity index (χ4n) is 1.57. The Morgan fingerprint density at radius 1 is 1.53 bits per heavy atom. The lowest BCUT2D eigenvalue weighted by molar-refractivity contribution is 0.0601. The van der Waals surface area contributed by atoms with E-state index in [1.54, 1.807) is 6.33 Å². The average Bonchev–Trinajstić information content (AvgIpc) is 2.92. The first-order valence-corrected chi connectivity index (χ1v) is 5.75. The maximum atomic E-state index is 11.5. The standard InChI is InChI=1S/C11H14N6O2/c1-3-17-7-15-16-9(17)5-13-10-8(11(18)19-2)4-12-6-14-10/h4,6-7H,3,5H2,1-2H3,(H,12,13,14). The van der Waals surface area contributed by atoms with Gasteiger partial charge < -0.3 is 14.6 Å². The average molecular weight is 262 g/mol. The molecule has 2 rings (SSSR count). The summed E-state index contributed by atoms with van der Waals surface area (Å²) in [6, 6.07) is 0. The highest BCUT2D eigenvalue weighted by Crippen LogP contribution is 2.12. The van der Waals surface area contributed by atoms with E-state index in [-0.39, 0.29) is 5.56 Å². The van der Waals surface area contributed by atoms with Crippen LogP contribution in [-0.2, 0) is 17.8 Å². The highest BCUT2D eigenvalue weighted by Gasteiger charge is 2.13. The van der Waals surface area contributed by atoms with Crippen LogP contribution < -0.4 is 5.32 Å². The summed E-state index contributed by atoms with van der Waals surface area (Å²) in [5, 5.41) is 10.8. The van der Waals surface area contributed by atoms with Gasteiger partial charge in [-0.2, -0.15) is 0 Å². The molecule has 0 aliphatic carbocycles. The predicted molar refractivity (Wildman–Crippen MR) is 66.4 cm³/mol. The Morgan fingerprint density at radius 2 is 2.37 bits per heavy atom. The maximum Gasteiger partial charge on any atom is 0.343 e. The van der Waals surface area contributed by atoms with Gasteiger partial charge in [-0.05, 0) is 6.92 Å². The zero-order valence-corrected chi connectivity index (χ0v) is 10.7. The molecular weight excluding hydrogens is 248 g/mol. The minimum Gasteiger partial charge on any atom is -0.465 e. The van der Waals surface area contributed by atoms with Crippen molar-refractivity contribution in [3.8, 4) is 0 Å². The van der Waals surface area contributed by atoms with E-state index < -0.39 is 5.97 Å². The third-order valence-electron chi connectivity index (χ3n) is 2.57. The maximum absolute atomic E-state index is 11.5. The summed E-state index contributed by atoms with van der Waals surface area (Å²) in [7, 11) is 1.31. The molecule has 0 aliphatic heterocycles. The van der Waals surface area contributed by atoms with Gasteiger partial charge in [0.15, 0.2) is 5.82 Å². The molecule has 8 heteroatoms. The van der Waals surface area contributed by atoms with E-state index in [2.05, 4.69) is 30.2 Å². The number of aryl methyl sites for hydroxylation is 1. The number of methoxy groups -OCH3 is 1. The largest absolute Gasteiger partial charge is 0.465 e. The van der Waals surface area contributed by atoms with Crippen LogP contribution in [0.15, 0.2) is 18.9 Å². The van der Waals surface area contributed by atoms with E-state index in [4.69, 9.17) is 0 Å². The highest BCUT2D eigenvalue weighted by molar-refractivity contribution is 5.94. The molecule has 2 heterocycles. The Balaban J connectivity index is 2.14. The molecule has 19 heavy (non-hydrogen) atoms. The first kappa shape index (κ1) is 12.9. The molecule has 0 saturated carbocycles. The van der Waals surface area contributed by atoms with Gasteiger partial charge >= 0.3 is 5.97 Å². The molecule has 0 spiro atoms. The number of aromatic nitrogens is 5. The SMILES string of the molecule is CCn1cnnc1CNc1ncncc1C(=O)OC. The van der Waals surface area contributed by atoms with Crippen LogP contribution in [-0.4, -0.2) is 37.8 Å². The van der Waals surface area contributed by atoms with Gasteiger partial charge in [0.25, 0.3) is 0 Å². The Morgan fingerprint density at radius 3 is 3.11 bits per heavy atom. The third-order valence-corrected chi connectivity index (χ3v) is 2.57. The molecule has 1 N–H and O–H groups in total. The molecule has 2 aromatic rings. The highest BCUT2D eigenvalue weighted by atomic mass is 16.5. The van der Waals surface area contributed by atoms with Crippen molar-refractivity contribution in [2.75, 3.05) is 12.4 Å². The Kier molecular flexibility index (Phi) is 4.01. The smallest absolute Gasteiger partial charge is 0.343 e. The number of anilines is 1. The number of carbonyl (C=O) groups is 1. The minimum atomic E-state index is -0.486. The van der Waals surface area contributed by atoms with Crippen LogP contribution in [0.5, 0.6) is 0 Å². The summed E-state index contributed by atoms with van der Waals surface area (Å²) in [5.74, 6) is 0.685. The van der Waals surface area contributed by atoms with Gasteiger partial charge in [0.05, 0.1) is 13.7 Å². The van der Waals surface area contributed by atoms with Crippen LogP contribution in [0.25, 0.3) is 0 Å². The number of carbonyl (C=O) groups excluding carboxylic acids is 1. The zero-order chi connectivity index (χ0) is 13.7. The lowest BCUT2D eigenvalue weighted by Crippen LogP contribution is -2.13. The summed E-state index contributed by atoms with van der Waals surface area (Å²) in [5.41, 5.74) is 0.285. The zero-order valence-electron chi connectivity index (χ0n) is 10.7. The van der Waals surface area contributed by atoms with Crippen molar-refractivity contribution in [2.45, 2.75) is 20.0 Å². The second-order valence-electron chi connectivity index (χ2n) is 3.66. The van der Waals surface area contributed by atoms with Crippen molar-refractivity contribution >= 4 is 11.8 Å². The lowest BCUT2D eigenvalue weighted by atomic mass is 10.3. The van der Waals surface area contributed by atoms with E-state index in [9.17, 15) is 4.79 Å². The molecule has 0 bridgehead atoms. The number of hydrogen-bond donors (Lipinski definition) is 1. The number of rotatable bonds is 5. The number of hydrogen-bond acceptors (Lipinski definition) is 7. The predicted octanol–water partition coefficient (Wildman–Crippen LogP) is 0.487. The fraction of sp³-hybridized carbons (Fsp3) is 0.364. The lowest BCUT2D eigenvalue weighted by Gasteiger charge is -2.09. The van der Waals surface area contributed by atoms with E-state index >= 15 is 0 Å². The molecule has 8 nitrogen and oxygen atoms in total. The summed E-state index contributed by atoms with van der Waals surface area (Å²) >= 11 is 0. The van der Waals surface area contributed by atoms with Gasteiger partial charge in [-0.1, -0.05) is 0 Å². The normalized spacial score (nSPS) is 10.2. The summed E-state index contributed by atoms with van der Waals surface area (Å²) in [6.45, 7) is 3.18. The first-order valence-electron chi connectivity index (χ1n) is 5.75. The number of nitrogens with zero attached hydrogens (tertiary/aromatic N) is 5. The molecule has 0 unspecified atom stereocenters. The third kappa shape index (κ3) is 2.84. The fourth-order valence-corrected chi connectivity index (χ4v) is 1.57. The van der Waals surface area contributed by atoms with Crippen LogP contribution in [0.1, 0.15) is 23.1 Å².